The highest BCUT2D eigenvalue weighted by Gasteiger charge is 2.33. The first-order valence-corrected chi connectivity index (χ1v) is 9.05. The van der Waals surface area contributed by atoms with Crippen molar-refractivity contribution in [3.05, 3.63) is 35.6 Å². The van der Waals surface area contributed by atoms with Gasteiger partial charge in [0.25, 0.3) is 0 Å². The molecule has 2 aliphatic rings. The second-order valence-electron chi connectivity index (χ2n) is 7.06. The summed E-state index contributed by atoms with van der Waals surface area (Å²) in [5.74, 6) is 0.348. The van der Waals surface area contributed by atoms with Crippen LogP contribution < -0.4 is 0 Å². The zero-order valence-electron chi connectivity index (χ0n) is 14.2. The van der Waals surface area contributed by atoms with Crippen LogP contribution in [-0.4, -0.2) is 53.1 Å². The number of likely N-dealkylation sites (tertiary alicyclic amines) is 2. The van der Waals surface area contributed by atoms with E-state index in [-0.39, 0.29) is 24.4 Å². The summed E-state index contributed by atoms with van der Waals surface area (Å²) in [6, 6.07) is 6.51. The second-order valence-corrected chi connectivity index (χ2v) is 7.06. The fourth-order valence-corrected chi connectivity index (χ4v) is 3.83. The maximum absolute atomic E-state index is 13.1. The number of halogens is 1. The molecule has 2 fully saturated rings. The molecule has 0 saturated carbocycles. The number of piperidine rings is 2. The summed E-state index contributed by atoms with van der Waals surface area (Å²) in [6.07, 6.45) is 4.89. The molecule has 3 rings (SSSR count). The zero-order chi connectivity index (χ0) is 16.9. The Morgan fingerprint density at radius 1 is 1.08 bits per heavy atom. The molecule has 132 valence electrons. The first kappa shape index (κ1) is 17.4. The van der Waals surface area contributed by atoms with Gasteiger partial charge >= 0.3 is 0 Å². The van der Waals surface area contributed by atoms with Crippen LogP contribution in [0.1, 0.15) is 37.7 Å². The quantitative estimate of drug-likeness (QED) is 0.920. The molecule has 1 aromatic carbocycles. The van der Waals surface area contributed by atoms with Gasteiger partial charge in [0.2, 0.25) is 5.91 Å². The van der Waals surface area contributed by atoms with E-state index in [1.807, 2.05) is 4.90 Å². The van der Waals surface area contributed by atoms with Crippen molar-refractivity contribution in [2.45, 2.75) is 44.7 Å². The van der Waals surface area contributed by atoms with Gasteiger partial charge in [0, 0.05) is 26.2 Å². The van der Waals surface area contributed by atoms with Crippen molar-refractivity contribution >= 4 is 5.91 Å². The van der Waals surface area contributed by atoms with Crippen molar-refractivity contribution in [1.29, 1.82) is 0 Å². The highest BCUT2D eigenvalue weighted by atomic mass is 19.1. The van der Waals surface area contributed by atoms with Crippen molar-refractivity contribution in [2.24, 2.45) is 5.92 Å². The average Bonchev–Trinajstić information content (AvgIpc) is 2.63. The van der Waals surface area contributed by atoms with Gasteiger partial charge in [-0.15, -0.1) is 0 Å². The van der Waals surface area contributed by atoms with Crippen LogP contribution in [0, 0.1) is 11.7 Å². The van der Waals surface area contributed by atoms with E-state index in [1.165, 1.54) is 12.1 Å². The molecule has 1 aromatic rings. The van der Waals surface area contributed by atoms with Crippen molar-refractivity contribution in [3.8, 4) is 0 Å². The summed E-state index contributed by atoms with van der Waals surface area (Å²) in [5, 5.41) is 9.25. The van der Waals surface area contributed by atoms with E-state index < -0.39 is 0 Å². The molecule has 0 spiro atoms. The molecule has 2 heterocycles. The molecule has 1 unspecified atom stereocenters. The Balaban J connectivity index is 1.63. The number of carbonyl (C=O) groups excluding carboxylic acids is 1. The molecule has 2 saturated heterocycles. The van der Waals surface area contributed by atoms with Gasteiger partial charge in [-0.1, -0.05) is 18.6 Å². The fourth-order valence-electron chi connectivity index (χ4n) is 3.83. The number of amides is 1. The summed E-state index contributed by atoms with van der Waals surface area (Å²) in [4.78, 5) is 17.2. The SMILES string of the molecule is O=C(C1CCCCN1Cc1ccc(F)cc1)N1CCC(CO)CC1. The minimum Gasteiger partial charge on any atom is -0.396 e. The van der Waals surface area contributed by atoms with E-state index in [4.69, 9.17) is 0 Å². The van der Waals surface area contributed by atoms with E-state index in [2.05, 4.69) is 4.90 Å². The molecule has 0 aromatic heterocycles. The van der Waals surface area contributed by atoms with Crippen LogP contribution in [0.25, 0.3) is 0 Å². The minimum absolute atomic E-state index is 0.0607. The Morgan fingerprint density at radius 2 is 1.79 bits per heavy atom. The average molecular weight is 334 g/mol. The van der Waals surface area contributed by atoms with Gasteiger partial charge in [0.05, 0.1) is 6.04 Å². The van der Waals surface area contributed by atoms with Crippen LogP contribution in [-0.2, 0) is 11.3 Å². The van der Waals surface area contributed by atoms with Gasteiger partial charge in [-0.05, 0) is 55.8 Å². The number of rotatable bonds is 4. The Bertz CT molecular complexity index is 541. The fraction of sp³-hybridized carbons (Fsp3) is 0.632. The number of aliphatic hydroxyl groups excluding tert-OH is 1. The molecular formula is C19H27FN2O2. The molecule has 1 N–H and O–H groups in total. The van der Waals surface area contributed by atoms with Gasteiger partial charge in [0.1, 0.15) is 5.82 Å². The van der Waals surface area contributed by atoms with Gasteiger partial charge < -0.3 is 10.0 Å². The number of hydrogen-bond donors (Lipinski definition) is 1. The first-order chi connectivity index (χ1) is 11.7. The van der Waals surface area contributed by atoms with Crippen LogP contribution in [0.5, 0.6) is 0 Å². The standard InChI is InChI=1S/C19H27FN2O2/c20-17-6-4-15(5-7-17)13-22-10-2-1-3-18(22)19(24)21-11-8-16(14-23)9-12-21/h4-7,16,18,23H,1-3,8-14H2. The maximum atomic E-state index is 13.1. The molecule has 0 bridgehead atoms. The zero-order valence-corrected chi connectivity index (χ0v) is 14.2. The largest absolute Gasteiger partial charge is 0.396 e. The molecule has 4 nitrogen and oxygen atoms in total. The van der Waals surface area contributed by atoms with E-state index >= 15 is 0 Å². The van der Waals surface area contributed by atoms with Gasteiger partial charge in [-0.3, -0.25) is 9.69 Å². The second kappa shape index (κ2) is 8.08. The maximum Gasteiger partial charge on any atom is 0.239 e. The van der Waals surface area contributed by atoms with Gasteiger partial charge in [-0.2, -0.15) is 0 Å². The molecule has 1 atom stereocenters. The lowest BCUT2D eigenvalue weighted by Crippen LogP contribution is -2.52. The Morgan fingerprint density at radius 3 is 2.46 bits per heavy atom. The smallest absolute Gasteiger partial charge is 0.239 e. The van der Waals surface area contributed by atoms with E-state index in [0.29, 0.717) is 12.5 Å². The first-order valence-electron chi connectivity index (χ1n) is 9.05. The van der Waals surface area contributed by atoms with Crippen molar-refractivity contribution < 1.29 is 14.3 Å². The molecule has 5 heteroatoms. The highest BCUT2D eigenvalue weighted by molar-refractivity contribution is 5.82. The van der Waals surface area contributed by atoms with Crippen LogP contribution >= 0.6 is 0 Å². The summed E-state index contributed by atoms with van der Waals surface area (Å²) >= 11 is 0. The lowest BCUT2D eigenvalue weighted by Gasteiger charge is -2.40. The molecular weight excluding hydrogens is 307 g/mol. The number of carbonyl (C=O) groups is 1. The number of aliphatic hydroxyl groups is 1. The minimum atomic E-state index is -0.225. The third-order valence-corrected chi connectivity index (χ3v) is 5.38. The Hall–Kier alpha value is -1.46. The topological polar surface area (TPSA) is 43.8 Å². The van der Waals surface area contributed by atoms with Gasteiger partial charge in [-0.25, -0.2) is 4.39 Å². The molecule has 2 aliphatic heterocycles. The number of benzene rings is 1. The lowest BCUT2D eigenvalue weighted by atomic mass is 9.95. The van der Waals surface area contributed by atoms with Crippen LogP contribution in [0.2, 0.25) is 0 Å². The Labute approximate surface area is 143 Å². The molecule has 24 heavy (non-hydrogen) atoms. The predicted molar refractivity (Wildman–Crippen MR) is 90.8 cm³/mol. The summed E-state index contributed by atoms with van der Waals surface area (Å²) < 4.78 is 13.1. The highest BCUT2D eigenvalue weighted by Crippen LogP contribution is 2.24. The summed E-state index contributed by atoms with van der Waals surface area (Å²) in [7, 11) is 0. The van der Waals surface area contributed by atoms with Crippen molar-refractivity contribution in [2.75, 3.05) is 26.2 Å². The van der Waals surface area contributed by atoms with E-state index in [1.54, 1.807) is 12.1 Å². The molecule has 1 amide bonds. The third-order valence-electron chi connectivity index (χ3n) is 5.38. The van der Waals surface area contributed by atoms with E-state index in [0.717, 1.165) is 57.3 Å². The molecule has 0 radical (unpaired) electrons. The predicted octanol–water partition coefficient (Wildman–Crippen LogP) is 2.41. The molecule has 0 aliphatic carbocycles. The van der Waals surface area contributed by atoms with Crippen LogP contribution in [0.15, 0.2) is 24.3 Å². The lowest BCUT2D eigenvalue weighted by molar-refractivity contribution is -0.140. The summed E-state index contributed by atoms with van der Waals surface area (Å²) in [5.41, 5.74) is 1.05. The monoisotopic (exact) mass is 334 g/mol. The van der Waals surface area contributed by atoms with Crippen LogP contribution in [0.4, 0.5) is 4.39 Å². The van der Waals surface area contributed by atoms with Crippen molar-refractivity contribution in [1.82, 2.24) is 9.80 Å². The van der Waals surface area contributed by atoms with E-state index in [9.17, 15) is 14.3 Å². The number of hydrogen-bond acceptors (Lipinski definition) is 3. The van der Waals surface area contributed by atoms with Crippen molar-refractivity contribution in [3.63, 3.8) is 0 Å². The normalized spacial score (nSPS) is 23.4. The van der Waals surface area contributed by atoms with Crippen LogP contribution in [0.3, 0.4) is 0 Å². The number of nitrogens with zero attached hydrogens (tertiary/aromatic N) is 2. The third kappa shape index (κ3) is 4.14. The van der Waals surface area contributed by atoms with Gasteiger partial charge in [0.15, 0.2) is 0 Å². The summed E-state index contributed by atoms with van der Waals surface area (Å²) in [6.45, 7) is 3.35. The Kier molecular flexibility index (Phi) is 5.85.